The van der Waals surface area contributed by atoms with Crippen molar-refractivity contribution in [3.63, 3.8) is 0 Å². The van der Waals surface area contributed by atoms with E-state index in [1.54, 1.807) is 12.4 Å². The zero-order valence-electron chi connectivity index (χ0n) is 14.6. The SMILES string of the molecule is O=C(c1ccc(-c2ccncc2)cc1)N1CCC[C@H]1CN1CCCC1. The summed E-state index contributed by atoms with van der Waals surface area (Å²) in [5.41, 5.74) is 3.04. The summed E-state index contributed by atoms with van der Waals surface area (Å²) in [4.78, 5) is 21.6. The van der Waals surface area contributed by atoms with Crippen molar-refractivity contribution in [2.24, 2.45) is 0 Å². The lowest BCUT2D eigenvalue weighted by atomic mass is 10.0. The van der Waals surface area contributed by atoms with Crippen LogP contribution in [0, 0.1) is 0 Å². The molecule has 2 aliphatic heterocycles. The van der Waals surface area contributed by atoms with Crippen molar-refractivity contribution in [2.75, 3.05) is 26.2 Å². The first-order chi connectivity index (χ1) is 12.3. The molecule has 2 aliphatic rings. The van der Waals surface area contributed by atoms with Gasteiger partial charge in [0, 0.05) is 37.1 Å². The molecule has 4 heteroatoms. The smallest absolute Gasteiger partial charge is 0.254 e. The molecule has 2 fully saturated rings. The van der Waals surface area contributed by atoms with E-state index in [0.717, 1.165) is 42.6 Å². The van der Waals surface area contributed by atoms with E-state index in [1.807, 2.05) is 36.4 Å². The van der Waals surface area contributed by atoms with Gasteiger partial charge in [-0.3, -0.25) is 9.78 Å². The van der Waals surface area contributed by atoms with Crippen molar-refractivity contribution in [2.45, 2.75) is 31.7 Å². The van der Waals surface area contributed by atoms with Crippen LogP contribution in [0.25, 0.3) is 11.1 Å². The molecule has 0 spiro atoms. The van der Waals surface area contributed by atoms with E-state index in [0.29, 0.717) is 6.04 Å². The van der Waals surface area contributed by atoms with E-state index < -0.39 is 0 Å². The number of carbonyl (C=O) groups excluding carboxylic acids is 1. The van der Waals surface area contributed by atoms with E-state index in [4.69, 9.17) is 0 Å². The van der Waals surface area contributed by atoms with Crippen molar-refractivity contribution >= 4 is 5.91 Å². The fourth-order valence-corrected chi connectivity index (χ4v) is 4.07. The molecule has 4 nitrogen and oxygen atoms in total. The number of aromatic nitrogens is 1. The highest BCUT2D eigenvalue weighted by atomic mass is 16.2. The molecule has 1 aromatic heterocycles. The molecule has 0 N–H and O–H groups in total. The third-order valence-electron chi connectivity index (χ3n) is 5.45. The monoisotopic (exact) mass is 335 g/mol. The molecule has 0 aliphatic carbocycles. The van der Waals surface area contributed by atoms with Crippen LogP contribution in [0.4, 0.5) is 0 Å². The number of likely N-dealkylation sites (tertiary alicyclic amines) is 2. The van der Waals surface area contributed by atoms with Gasteiger partial charge in [0.2, 0.25) is 0 Å². The minimum atomic E-state index is 0.183. The quantitative estimate of drug-likeness (QED) is 0.859. The Morgan fingerprint density at radius 2 is 1.60 bits per heavy atom. The zero-order chi connectivity index (χ0) is 17.1. The van der Waals surface area contributed by atoms with Gasteiger partial charge >= 0.3 is 0 Å². The highest BCUT2D eigenvalue weighted by Gasteiger charge is 2.31. The Labute approximate surface area is 149 Å². The second-order valence-corrected chi connectivity index (χ2v) is 7.12. The summed E-state index contributed by atoms with van der Waals surface area (Å²) < 4.78 is 0. The Bertz CT molecular complexity index is 708. The van der Waals surface area contributed by atoms with Gasteiger partial charge in [-0.15, -0.1) is 0 Å². The van der Waals surface area contributed by atoms with Gasteiger partial charge in [0.15, 0.2) is 0 Å². The first kappa shape index (κ1) is 16.3. The molecule has 1 amide bonds. The third-order valence-corrected chi connectivity index (χ3v) is 5.45. The van der Waals surface area contributed by atoms with Crippen LogP contribution in [0.2, 0.25) is 0 Å². The fourth-order valence-electron chi connectivity index (χ4n) is 4.07. The molecule has 4 rings (SSSR count). The molecule has 0 bridgehead atoms. The van der Waals surface area contributed by atoms with E-state index in [1.165, 1.54) is 25.9 Å². The van der Waals surface area contributed by atoms with Crippen molar-refractivity contribution in [3.8, 4) is 11.1 Å². The maximum Gasteiger partial charge on any atom is 0.254 e. The van der Waals surface area contributed by atoms with Gasteiger partial charge in [0.1, 0.15) is 0 Å². The molecule has 2 aromatic rings. The van der Waals surface area contributed by atoms with Gasteiger partial charge in [-0.2, -0.15) is 0 Å². The molecule has 1 atom stereocenters. The van der Waals surface area contributed by atoms with Gasteiger partial charge < -0.3 is 9.80 Å². The number of hydrogen-bond donors (Lipinski definition) is 0. The molecule has 3 heterocycles. The normalized spacial score (nSPS) is 21.0. The zero-order valence-corrected chi connectivity index (χ0v) is 14.6. The minimum absolute atomic E-state index is 0.183. The number of amides is 1. The van der Waals surface area contributed by atoms with Crippen LogP contribution in [-0.2, 0) is 0 Å². The van der Waals surface area contributed by atoms with Gasteiger partial charge in [-0.05, 0) is 74.2 Å². The number of hydrogen-bond acceptors (Lipinski definition) is 3. The lowest BCUT2D eigenvalue weighted by molar-refractivity contribution is 0.0709. The third kappa shape index (κ3) is 3.59. The van der Waals surface area contributed by atoms with E-state index in [9.17, 15) is 4.79 Å². The summed E-state index contributed by atoms with van der Waals surface area (Å²) in [5.74, 6) is 0.183. The molecule has 2 saturated heterocycles. The summed E-state index contributed by atoms with van der Waals surface area (Å²) >= 11 is 0. The second-order valence-electron chi connectivity index (χ2n) is 7.12. The Hall–Kier alpha value is -2.20. The Balaban J connectivity index is 1.46. The van der Waals surface area contributed by atoms with E-state index in [-0.39, 0.29) is 5.91 Å². The van der Waals surface area contributed by atoms with Gasteiger partial charge in [0.05, 0.1) is 0 Å². The van der Waals surface area contributed by atoms with Gasteiger partial charge in [-0.25, -0.2) is 0 Å². The summed E-state index contributed by atoms with van der Waals surface area (Å²) in [6, 6.07) is 12.4. The summed E-state index contributed by atoms with van der Waals surface area (Å²) in [6.07, 6.45) is 8.45. The molecule has 1 aromatic carbocycles. The summed E-state index contributed by atoms with van der Waals surface area (Å²) in [7, 11) is 0. The van der Waals surface area contributed by atoms with Crippen LogP contribution in [0.1, 0.15) is 36.0 Å². The van der Waals surface area contributed by atoms with Crippen LogP contribution in [0.3, 0.4) is 0 Å². The van der Waals surface area contributed by atoms with Crippen LogP contribution in [0.5, 0.6) is 0 Å². The van der Waals surface area contributed by atoms with Crippen molar-refractivity contribution in [1.29, 1.82) is 0 Å². The average Bonchev–Trinajstić information content (AvgIpc) is 3.34. The van der Waals surface area contributed by atoms with Gasteiger partial charge in [-0.1, -0.05) is 12.1 Å². The average molecular weight is 335 g/mol. The number of pyridine rings is 1. The standard InChI is InChI=1S/C21H25N3O/c25-21(24-15-3-4-20(24)16-23-13-1-2-14-23)19-7-5-17(6-8-19)18-9-11-22-12-10-18/h5-12,20H,1-4,13-16H2/t20-/m0/s1. The van der Waals surface area contributed by atoms with E-state index in [2.05, 4.69) is 14.8 Å². The maximum atomic E-state index is 13.0. The number of carbonyl (C=O) groups is 1. The predicted molar refractivity (Wildman–Crippen MR) is 99.4 cm³/mol. The topological polar surface area (TPSA) is 36.4 Å². The van der Waals surface area contributed by atoms with Crippen molar-refractivity contribution in [3.05, 3.63) is 54.4 Å². The van der Waals surface area contributed by atoms with Crippen molar-refractivity contribution in [1.82, 2.24) is 14.8 Å². The maximum absolute atomic E-state index is 13.0. The van der Waals surface area contributed by atoms with Gasteiger partial charge in [0.25, 0.3) is 5.91 Å². The molecular weight excluding hydrogens is 310 g/mol. The van der Waals surface area contributed by atoms with Crippen LogP contribution in [-0.4, -0.2) is 52.9 Å². The molecule has 0 unspecified atom stereocenters. The number of benzene rings is 1. The highest BCUT2D eigenvalue weighted by Crippen LogP contribution is 2.24. The van der Waals surface area contributed by atoms with E-state index >= 15 is 0 Å². The largest absolute Gasteiger partial charge is 0.334 e. The molecule has 130 valence electrons. The Kier molecular flexibility index (Phi) is 4.79. The summed E-state index contributed by atoms with van der Waals surface area (Å²) in [6.45, 7) is 4.32. The Morgan fingerprint density at radius 3 is 2.32 bits per heavy atom. The fraction of sp³-hybridized carbons (Fsp3) is 0.429. The second kappa shape index (κ2) is 7.36. The first-order valence-corrected chi connectivity index (χ1v) is 9.35. The summed E-state index contributed by atoms with van der Waals surface area (Å²) in [5, 5.41) is 0. The molecular formula is C21H25N3O. The van der Waals surface area contributed by atoms with Crippen LogP contribution in [0.15, 0.2) is 48.8 Å². The number of rotatable bonds is 4. The molecule has 0 radical (unpaired) electrons. The molecule has 0 saturated carbocycles. The number of nitrogens with zero attached hydrogens (tertiary/aromatic N) is 3. The lowest BCUT2D eigenvalue weighted by Crippen LogP contribution is -2.42. The predicted octanol–water partition coefficient (Wildman–Crippen LogP) is 3.45. The van der Waals surface area contributed by atoms with Crippen LogP contribution < -0.4 is 0 Å². The van der Waals surface area contributed by atoms with Crippen molar-refractivity contribution < 1.29 is 4.79 Å². The first-order valence-electron chi connectivity index (χ1n) is 9.35. The molecule has 25 heavy (non-hydrogen) atoms. The minimum Gasteiger partial charge on any atom is -0.334 e. The highest BCUT2D eigenvalue weighted by molar-refractivity contribution is 5.95. The van der Waals surface area contributed by atoms with Crippen LogP contribution >= 0.6 is 0 Å². The lowest BCUT2D eigenvalue weighted by Gasteiger charge is -2.28. The Morgan fingerprint density at radius 1 is 0.920 bits per heavy atom.